The van der Waals surface area contributed by atoms with Crippen LogP contribution in [0.15, 0.2) is 12.1 Å². The highest BCUT2D eigenvalue weighted by Crippen LogP contribution is 2.35. The number of pyridine rings is 1. The fourth-order valence-corrected chi connectivity index (χ4v) is 3.53. The molecule has 0 bridgehead atoms. The van der Waals surface area contributed by atoms with Crippen molar-refractivity contribution in [1.29, 1.82) is 0 Å². The summed E-state index contributed by atoms with van der Waals surface area (Å²) in [6.45, 7) is 6.81. The third-order valence-corrected chi connectivity index (χ3v) is 4.53. The zero-order valence-corrected chi connectivity index (χ0v) is 14.7. The SMILES string of the molecule is CC(C)NC(=O)OCc1ccc2c(n1)N1[C@H](C2)CN(C(=O)O)C[C@H]1C. The number of hydrogen-bond acceptors (Lipinski definition) is 5. The molecule has 2 atom stereocenters. The predicted molar refractivity (Wildman–Crippen MR) is 91.7 cm³/mol. The number of piperazine rings is 1. The van der Waals surface area contributed by atoms with Crippen LogP contribution in [0.4, 0.5) is 15.4 Å². The van der Waals surface area contributed by atoms with E-state index >= 15 is 0 Å². The first-order chi connectivity index (χ1) is 11.8. The molecule has 25 heavy (non-hydrogen) atoms. The van der Waals surface area contributed by atoms with Crippen LogP contribution < -0.4 is 10.2 Å². The first kappa shape index (κ1) is 17.3. The minimum absolute atomic E-state index is 0.0209. The number of aromatic nitrogens is 1. The molecule has 0 spiro atoms. The molecule has 2 amide bonds. The van der Waals surface area contributed by atoms with Gasteiger partial charge in [-0.05, 0) is 38.8 Å². The summed E-state index contributed by atoms with van der Waals surface area (Å²) in [5.74, 6) is 0.882. The molecule has 8 nitrogen and oxygen atoms in total. The van der Waals surface area contributed by atoms with Gasteiger partial charge in [-0.15, -0.1) is 0 Å². The summed E-state index contributed by atoms with van der Waals surface area (Å²) >= 11 is 0. The van der Waals surface area contributed by atoms with E-state index in [0.29, 0.717) is 18.8 Å². The summed E-state index contributed by atoms with van der Waals surface area (Å²) in [7, 11) is 0. The Morgan fingerprint density at radius 2 is 2.16 bits per heavy atom. The Balaban J connectivity index is 1.70. The average Bonchev–Trinajstić information content (AvgIpc) is 2.90. The van der Waals surface area contributed by atoms with Gasteiger partial charge in [0.1, 0.15) is 12.4 Å². The van der Waals surface area contributed by atoms with Crippen molar-refractivity contribution >= 4 is 18.0 Å². The van der Waals surface area contributed by atoms with Crippen molar-refractivity contribution in [2.24, 2.45) is 0 Å². The zero-order valence-electron chi connectivity index (χ0n) is 14.7. The lowest BCUT2D eigenvalue weighted by atomic mass is 10.1. The molecule has 8 heteroatoms. The van der Waals surface area contributed by atoms with Gasteiger partial charge in [0, 0.05) is 25.2 Å². The molecular weight excluding hydrogens is 324 g/mol. The number of hydrogen-bond donors (Lipinski definition) is 2. The van der Waals surface area contributed by atoms with Gasteiger partial charge in [-0.25, -0.2) is 14.6 Å². The predicted octanol–water partition coefficient (Wildman–Crippen LogP) is 1.83. The lowest BCUT2D eigenvalue weighted by Crippen LogP contribution is -2.58. The maximum atomic E-state index is 11.6. The highest BCUT2D eigenvalue weighted by molar-refractivity contribution is 5.68. The van der Waals surface area contributed by atoms with Crippen molar-refractivity contribution in [1.82, 2.24) is 15.2 Å². The van der Waals surface area contributed by atoms with Crippen LogP contribution in [-0.4, -0.2) is 58.4 Å². The van der Waals surface area contributed by atoms with Gasteiger partial charge in [-0.2, -0.15) is 0 Å². The monoisotopic (exact) mass is 348 g/mol. The van der Waals surface area contributed by atoms with E-state index < -0.39 is 12.2 Å². The van der Waals surface area contributed by atoms with Crippen molar-refractivity contribution < 1.29 is 19.4 Å². The number of amides is 2. The van der Waals surface area contributed by atoms with Gasteiger partial charge < -0.3 is 25.0 Å². The molecule has 0 aliphatic carbocycles. The first-order valence-electron chi connectivity index (χ1n) is 8.53. The molecule has 1 aromatic heterocycles. The summed E-state index contributed by atoms with van der Waals surface area (Å²) in [4.78, 5) is 31.2. The molecule has 0 unspecified atom stereocenters. The molecule has 1 fully saturated rings. The fourth-order valence-electron chi connectivity index (χ4n) is 3.53. The van der Waals surface area contributed by atoms with E-state index in [9.17, 15) is 14.7 Å². The van der Waals surface area contributed by atoms with Gasteiger partial charge in [-0.3, -0.25) is 0 Å². The Morgan fingerprint density at radius 1 is 1.40 bits per heavy atom. The van der Waals surface area contributed by atoms with E-state index in [1.807, 2.05) is 32.9 Å². The summed E-state index contributed by atoms with van der Waals surface area (Å²) in [6, 6.07) is 4.05. The van der Waals surface area contributed by atoms with Crippen LogP contribution >= 0.6 is 0 Å². The molecule has 0 saturated carbocycles. The number of carboxylic acid groups (broad SMARTS) is 1. The van der Waals surface area contributed by atoms with E-state index in [0.717, 1.165) is 17.8 Å². The van der Waals surface area contributed by atoms with E-state index in [-0.39, 0.29) is 24.7 Å². The van der Waals surface area contributed by atoms with Crippen molar-refractivity contribution in [3.63, 3.8) is 0 Å². The number of ether oxygens (including phenoxy) is 1. The van der Waals surface area contributed by atoms with Gasteiger partial charge >= 0.3 is 12.2 Å². The Hall–Kier alpha value is -2.51. The zero-order chi connectivity index (χ0) is 18.1. The van der Waals surface area contributed by atoms with Gasteiger partial charge in [0.2, 0.25) is 0 Å². The van der Waals surface area contributed by atoms with Gasteiger partial charge in [0.25, 0.3) is 0 Å². The minimum Gasteiger partial charge on any atom is -0.465 e. The van der Waals surface area contributed by atoms with E-state index in [1.165, 1.54) is 4.90 Å². The number of fused-ring (bicyclic) bond motifs is 3. The summed E-state index contributed by atoms with van der Waals surface area (Å²) in [5, 5.41) is 11.9. The summed E-state index contributed by atoms with van der Waals surface area (Å²) in [6.07, 6.45) is -0.551. The van der Waals surface area contributed by atoms with Gasteiger partial charge in [0.15, 0.2) is 0 Å². The van der Waals surface area contributed by atoms with Crippen molar-refractivity contribution in [3.8, 4) is 0 Å². The van der Waals surface area contributed by atoms with Crippen LogP contribution in [0.3, 0.4) is 0 Å². The van der Waals surface area contributed by atoms with E-state index in [1.54, 1.807) is 0 Å². The van der Waals surface area contributed by atoms with E-state index in [2.05, 4.69) is 15.2 Å². The molecule has 0 radical (unpaired) electrons. The second kappa shape index (κ2) is 6.78. The molecule has 1 saturated heterocycles. The standard InChI is InChI=1S/C17H24N4O4/c1-10(2)18-16(22)25-9-13-5-4-12-6-14-8-20(17(23)24)7-11(3)21(14)15(12)19-13/h4-5,10-11,14H,6-9H2,1-3H3,(H,18,22)(H,23,24)/t11-,14-/m1/s1. The van der Waals surface area contributed by atoms with Crippen molar-refractivity contribution in [3.05, 3.63) is 23.4 Å². The lowest BCUT2D eigenvalue weighted by molar-refractivity contribution is 0.128. The maximum Gasteiger partial charge on any atom is 0.407 e. The number of carbonyl (C=O) groups is 2. The second-order valence-corrected chi connectivity index (χ2v) is 6.96. The van der Waals surface area contributed by atoms with Crippen LogP contribution in [0.5, 0.6) is 0 Å². The molecule has 2 N–H and O–H groups in total. The Kier molecular flexibility index (Phi) is 4.69. The highest BCUT2D eigenvalue weighted by atomic mass is 16.5. The van der Waals surface area contributed by atoms with Crippen LogP contribution in [0, 0.1) is 0 Å². The third-order valence-electron chi connectivity index (χ3n) is 4.53. The number of alkyl carbamates (subject to hydrolysis) is 1. The number of carbonyl (C=O) groups excluding carboxylic acids is 1. The molecule has 3 rings (SSSR count). The number of nitrogens with one attached hydrogen (secondary N) is 1. The summed E-state index contributed by atoms with van der Waals surface area (Å²) < 4.78 is 5.19. The molecule has 1 aromatic rings. The third kappa shape index (κ3) is 3.62. The molecule has 0 aromatic carbocycles. The second-order valence-electron chi connectivity index (χ2n) is 6.96. The average molecular weight is 348 g/mol. The van der Waals surface area contributed by atoms with Crippen LogP contribution in [0.1, 0.15) is 32.0 Å². The molecule has 2 aliphatic rings. The summed E-state index contributed by atoms with van der Waals surface area (Å²) in [5.41, 5.74) is 1.80. The molecule has 3 heterocycles. The Bertz CT molecular complexity index is 679. The van der Waals surface area contributed by atoms with Crippen LogP contribution in [-0.2, 0) is 17.8 Å². The first-order valence-corrected chi connectivity index (χ1v) is 8.53. The highest BCUT2D eigenvalue weighted by Gasteiger charge is 2.40. The Labute approximate surface area is 146 Å². The molecular formula is C17H24N4O4. The quantitative estimate of drug-likeness (QED) is 0.865. The van der Waals surface area contributed by atoms with Crippen LogP contribution in [0.2, 0.25) is 0 Å². The van der Waals surface area contributed by atoms with Crippen molar-refractivity contribution in [2.45, 2.75) is 51.9 Å². The maximum absolute atomic E-state index is 11.6. The normalized spacial score (nSPS) is 21.8. The molecule has 2 aliphatic heterocycles. The minimum atomic E-state index is -0.874. The van der Waals surface area contributed by atoms with Crippen LogP contribution in [0.25, 0.3) is 0 Å². The number of rotatable bonds is 3. The van der Waals surface area contributed by atoms with Crippen molar-refractivity contribution in [2.75, 3.05) is 18.0 Å². The van der Waals surface area contributed by atoms with Gasteiger partial charge in [0.05, 0.1) is 11.7 Å². The largest absolute Gasteiger partial charge is 0.465 e. The lowest BCUT2D eigenvalue weighted by Gasteiger charge is -2.42. The fraction of sp³-hybridized carbons (Fsp3) is 0.588. The number of anilines is 1. The van der Waals surface area contributed by atoms with E-state index in [4.69, 9.17) is 4.74 Å². The Morgan fingerprint density at radius 3 is 2.84 bits per heavy atom. The molecule has 136 valence electrons. The topological polar surface area (TPSA) is 95.0 Å². The number of nitrogens with zero attached hydrogens (tertiary/aromatic N) is 3. The van der Waals surface area contributed by atoms with Gasteiger partial charge in [-0.1, -0.05) is 6.07 Å². The smallest absolute Gasteiger partial charge is 0.407 e.